The zero-order valence-corrected chi connectivity index (χ0v) is 9.31. The maximum Gasteiger partial charge on any atom is 0.278 e. The van der Waals surface area contributed by atoms with Crippen LogP contribution in [-0.4, -0.2) is 18.5 Å². The smallest absolute Gasteiger partial charge is 0.278 e. The number of benzene rings is 1. The Morgan fingerprint density at radius 3 is 2.53 bits per heavy atom. The minimum Gasteiger partial charge on any atom is -0.497 e. The van der Waals surface area contributed by atoms with E-state index in [4.69, 9.17) is 10.5 Å². The highest BCUT2D eigenvalue weighted by molar-refractivity contribution is 5.49. The normalized spacial score (nSPS) is 14.5. The van der Waals surface area contributed by atoms with Gasteiger partial charge in [-0.2, -0.15) is 0 Å². The van der Waals surface area contributed by atoms with Crippen LogP contribution >= 0.6 is 0 Å². The highest BCUT2D eigenvalue weighted by atomic mass is 19.3. The lowest BCUT2D eigenvalue weighted by molar-refractivity contribution is -0.386. The summed E-state index contributed by atoms with van der Waals surface area (Å²) in [5, 5.41) is 10.8. The molecule has 0 saturated heterocycles. The first-order valence-electron chi connectivity index (χ1n) is 4.70. The Hall–Kier alpha value is -1.76. The minimum atomic E-state index is -2.91. The molecule has 2 N–H and O–H groups in total. The van der Waals surface area contributed by atoms with Crippen LogP contribution in [0.5, 0.6) is 5.75 Å². The predicted molar refractivity (Wildman–Crippen MR) is 57.2 cm³/mol. The monoisotopic (exact) mass is 246 g/mol. The fourth-order valence-corrected chi connectivity index (χ4v) is 1.36. The maximum absolute atomic E-state index is 12.7. The van der Waals surface area contributed by atoms with Crippen molar-refractivity contribution < 1.29 is 18.4 Å². The molecule has 7 heteroatoms. The number of halogens is 2. The third kappa shape index (κ3) is 2.50. The molecule has 0 amide bonds. The van der Waals surface area contributed by atoms with E-state index in [1.54, 1.807) is 0 Å². The predicted octanol–water partition coefficient (Wildman–Crippen LogP) is 2.04. The first-order chi connectivity index (χ1) is 7.80. The SMILES string of the molecule is COc1ccc(C(C)(N)C(F)F)c([N+](=O)[O-])c1. The molecule has 0 spiro atoms. The second-order valence-electron chi connectivity index (χ2n) is 3.72. The van der Waals surface area contributed by atoms with Crippen LogP contribution in [0.15, 0.2) is 18.2 Å². The van der Waals surface area contributed by atoms with E-state index in [9.17, 15) is 18.9 Å². The van der Waals surface area contributed by atoms with Gasteiger partial charge in [0.05, 0.1) is 23.7 Å². The molecule has 1 aromatic carbocycles. The van der Waals surface area contributed by atoms with Gasteiger partial charge < -0.3 is 10.5 Å². The number of nitro groups is 1. The Labute approximate surface area is 96.3 Å². The Morgan fingerprint density at radius 1 is 1.53 bits per heavy atom. The average Bonchev–Trinajstić information content (AvgIpc) is 2.27. The lowest BCUT2D eigenvalue weighted by atomic mass is 9.92. The van der Waals surface area contributed by atoms with Gasteiger partial charge in [-0.1, -0.05) is 0 Å². The molecule has 0 aliphatic rings. The standard InChI is InChI=1S/C10H12F2N2O3/c1-10(13,9(11)12)7-4-3-6(17-2)5-8(7)14(15)16/h3-5,9H,13H2,1-2H3. The van der Waals surface area contributed by atoms with E-state index in [-0.39, 0.29) is 11.3 Å². The first kappa shape index (κ1) is 13.3. The van der Waals surface area contributed by atoms with Crippen molar-refractivity contribution in [3.63, 3.8) is 0 Å². The molecule has 0 bridgehead atoms. The molecule has 0 heterocycles. The van der Waals surface area contributed by atoms with Crippen LogP contribution < -0.4 is 10.5 Å². The molecule has 1 atom stereocenters. The molecule has 0 fully saturated rings. The molecule has 5 nitrogen and oxygen atoms in total. The number of alkyl halides is 2. The first-order valence-corrected chi connectivity index (χ1v) is 4.70. The summed E-state index contributed by atoms with van der Waals surface area (Å²) in [5.74, 6) is 0.213. The summed E-state index contributed by atoms with van der Waals surface area (Å²) in [7, 11) is 1.33. The molecule has 0 radical (unpaired) electrons. The van der Waals surface area contributed by atoms with Gasteiger partial charge in [-0.15, -0.1) is 0 Å². The van der Waals surface area contributed by atoms with Crippen molar-refractivity contribution in [2.75, 3.05) is 7.11 Å². The average molecular weight is 246 g/mol. The molecule has 0 aliphatic carbocycles. The summed E-state index contributed by atoms with van der Waals surface area (Å²) in [6.07, 6.45) is -2.91. The van der Waals surface area contributed by atoms with Crippen LogP contribution in [0.3, 0.4) is 0 Å². The van der Waals surface area contributed by atoms with Gasteiger partial charge in [0.1, 0.15) is 11.3 Å². The van der Waals surface area contributed by atoms with Gasteiger partial charge in [0.2, 0.25) is 0 Å². The van der Waals surface area contributed by atoms with Gasteiger partial charge in [-0.3, -0.25) is 10.1 Å². The number of nitro benzene ring substituents is 1. The fraction of sp³-hybridized carbons (Fsp3) is 0.400. The van der Waals surface area contributed by atoms with Crippen molar-refractivity contribution in [1.29, 1.82) is 0 Å². The quantitative estimate of drug-likeness (QED) is 0.651. The number of ether oxygens (including phenoxy) is 1. The lowest BCUT2D eigenvalue weighted by Crippen LogP contribution is -2.41. The van der Waals surface area contributed by atoms with E-state index in [1.165, 1.54) is 19.2 Å². The highest BCUT2D eigenvalue weighted by Crippen LogP contribution is 2.34. The van der Waals surface area contributed by atoms with Gasteiger partial charge in [0, 0.05) is 0 Å². The molecule has 0 saturated carbocycles. The van der Waals surface area contributed by atoms with Crippen LogP contribution in [0.2, 0.25) is 0 Å². The van der Waals surface area contributed by atoms with Crippen molar-refractivity contribution in [3.8, 4) is 5.75 Å². The van der Waals surface area contributed by atoms with Crippen molar-refractivity contribution in [3.05, 3.63) is 33.9 Å². The second-order valence-corrected chi connectivity index (χ2v) is 3.72. The molecule has 1 aromatic rings. The molecule has 0 aromatic heterocycles. The highest BCUT2D eigenvalue weighted by Gasteiger charge is 2.38. The van der Waals surface area contributed by atoms with Crippen LogP contribution in [0.4, 0.5) is 14.5 Å². The number of hydrogen-bond acceptors (Lipinski definition) is 4. The van der Waals surface area contributed by atoms with Gasteiger partial charge in [-0.25, -0.2) is 8.78 Å². The lowest BCUT2D eigenvalue weighted by Gasteiger charge is -2.23. The number of hydrogen-bond donors (Lipinski definition) is 1. The van der Waals surface area contributed by atoms with E-state index >= 15 is 0 Å². The van der Waals surface area contributed by atoms with E-state index in [2.05, 4.69) is 0 Å². The summed E-state index contributed by atoms with van der Waals surface area (Å²) in [5.41, 5.74) is 2.64. The zero-order valence-electron chi connectivity index (χ0n) is 9.31. The Bertz CT molecular complexity index is 436. The Morgan fingerprint density at radius 2 is 2.12 bits per heavy atom. The Kier molecular flexibility index (Phi) is 3.62. The molecular weight excluding hydrogens is 234 g/mol. The van der Waals surface area contributed by atoms with Crippen LogP contribution in [0.25, 0.3) is 0 Å². The topological polar surface area (TPSA) is 78.4 Å². The molecule has 0 aliphatic heterocycles. The number of nitrogens with zero attached hydrogens (tertiary/aromatic N) is 1. The molecule has 1 unspecified atom stereocenters. The fourth-order valence-electron chi connectivity index (χ4n) is 1.36. The van der Waals surface area contributed by atoms with E-state index < -0.39 is 22.6 Å². The number of rotatable bonds is 4. The van der Waals surface area contributed by atoms with Crippen molar-refractivity contribution in [1.82, 2.24) is 0 Å². The second kappa shape index (κ2) is 4.62. The summed E-state index contributed by atoms with van der Waals surface area (Å²) < 4.78 is 30.3. The van der Waals surface area contributed by atoms with Crippen molar-refractivity contribution in [2.45, 2.75) is 18.9 Å². The third-order valence-electron chi connectivity index (χ3n) is 2.44. The largest absolute Gasteiger partial charge is 0.497 e. The van der Waals surface area contributed by atoms with Gasteiger partial charge >= 0.3 is 0 Å². The van der Waals surface area contributed by atoms with Gasteiger partial charge in [-0.05, 0) is 19.1 Å². The molecule has 17 heavy (non-hydrogen) atoms. The van der Waals surface area contributed by atoms with E-state index in [1.807, 2.05) is 0 Å². The van der Waals surface area contributed by atoms with E-state index in [0.717, 1.165) is 13.0 Å². The third-order valence-corrected chi connectivity index (χ3v) is 2.44. The molecular formula is C10H12F2N2O3. The van der Waals surface area contributed by atoms with Crippen LogP contribution in [0, 0.1) is 10.1 Å². The van der Waals surface area contributed by atoms with Gasteiger partial charge in [0.25, 0.3) is 12.1 Å². The molecule has 94 valence electrons. The number of nitrogens with two attached hydrogens (primary N) is 1. The minimum absolute atomic E-state index is 0.213. The van der Waals surface area contributed by atoms with Crippen molar-refractivity contribution >= 4 is 5.69 Å². The summed E-state index contributed by atoms with van der Waals surface area (Å²) in [6, 6.07) is 3.61. The molecule has 1 rings (SSSR count). The van der Waals surface area contributed by atoms with Crippen molar-refractivity contribution in [2.24, 2.45) is 5.73 Å². The Balaban J connectivity index is 3.38. The van der Waals surface area contributed by atoms with Crippen LogP contribution in [-0.2, 0) is 5.54 Å². The summed E-state index contributed by atoms with van der Waals surface area (Å²) in [6.45, 7) is 1.05. The number of methoxy groups -OCH3 is 1. The van der Waals surface area contributed by atoms with E-state index in [0.29, 0.717) is 0 Å². The summed E-state index contributed by atoms with van der Waals surface area (Å²) in [4.78, 5) is 10.1. The van der Waals surface area contributed by atoms with Crippen LogP contribution in [0.1, 0.15) is 12.5 Å². The zero-order chi connectivity index (χ0) is 13.2. The van der Waals surface area contributed by atoms with Gasteiger partial charge in [0.15, 0.2) is 0 Å². The maximum atomic E-state index is 12.7. The summed E-state index contributed by atoms with van der Waals surface area (Å²) >= 11 is 0.